The number of para-hydroxylation sites is 2. The number of nitrogens with zero attached hydrogens (tertiary/aromatic N) is 4. The summed E-state index contributed by atoms with van der Waals surface area (Å²) < 4.78 is 15.0. The summed E-state index contributed by atoms with van der Waals surface area (Å²) in [5, 5.41) is 15.9. The van der Waals surface area contributed by atoms with Gasteiger partial charge >= 0.3 is 6.16 Å². The second kappa shape index (κ2) is 12.2. The third-order valence-corrected chi connectivity index (χ3v) is 7.06. The lowest BCUT2D eigenvalue weighted by atomic mass is 10.1. The molecule has 220 valence electrons. The summed E-state index contributed by atoms with van der Waals surface area (Å²) in [5.74, 6) is 2.32. The third kappa shape index (κ3) is 6.32. The monoisotopic (exact) mass is 584 g/mol. The third-order valence-electron chi connectivity index (χ3n) is 7.06. The Labute approximate surface area is 255 Å². The van der Waals surface area contributed by atoms with Gasteiger partial charge in [-0.1, -0.05) is 36.4 Å². The summed E-state index contributed by atoms with van der Waals surface area (Å²) in [7, 11) is 0. The highest BCUT2D eigenvalue weighted by Crippen LogP contribution is 2.32. The molecule has 0 saturated heterocycles. The summed E-state index contributed by atoms with van der Waals surface area (Å²) in [5.41, 5.74) is 6.77. The molecule has 0 radical (unpaired) electrons. The summed E-state index contributed by atoms with van der Waals surface area (Å²) in [4.78, 5) is 12.9. The van der Waals surface area contributed by atoms with Crippen LogP contribution in [0, 0.1) is 27.7 Å². The van der Waals surface area contributed by atoms with Gasteiger partial charge in [-0.05, 0) is 98.5 Å². The number of anilines is 4. The van der Waals surface area contributed by atoms with Crippen LogP contribution in [0.15, 0.2) is 109 Å². The van der Waals surface area contributed by atoms with Gasteiger partial charge in [0, 0.05) is 35.9 Å². The summed E-state index contributed by atoms with van der Waals surface area (Å²) in [6.07, 6.45) is 3.00. The molecule has 44 heavy (non-hydrogen) atoms. The summed E-state index contributed by atoms with van der Waals surface area (Å²) in [6, 6.07) is 31.3. The molecule has 0 aliphatic rings. The lowest BCUT2D eigenvalue weighted by Gasteiger charge is -2.15. The Balaban J connectivity index is 1.10. The predicted molar refractivity (Wildman–Crippen MR) is 172 cm³/mol. The van der Waals surface area contributed by atoms with E-state index in [1.165, 1.54) is 0 Å². The molecule has 0 aliphatic carbocycles. The summed E-state index contributed by atoms with van der Waals surface area (Å²) in [6.45, 7) is 7.55. The average molecular weight is 585 g/mol. The van der Waals surface area contributed by atoms with Gasteiger partial charge in [-0.25, -0.2) is 14.2 Å². The molecule has 0 amide bonds. The van der Waals surface area contributed by atoms with Gasteiger partial charge in [0.25, 0.3) is 0 Å². The van der Waals surface area contributed by atoms with Gasteiger partial charge in [0.1, 0.15) is 11.5 Å². The van der Waals surface area contributed by atoms with Crippen molar-refractivity contribution in [1.29, 1.82) is 0 Å². The van der Waals surface area contributed by atoms with Crippen LogP contribution in [0.2, 0.25) is 0 Å². The van der Waals surface area contributed by atoms with E-state index in [2.05, 4.69) is 20.8 Å². The normalized spacial score (nSPS) is 10.8. The van der Waals surface area contributed by atoms with E-state index in [0.717, 1.165) is 45.0 Å². The molecule has 9 heteroatoms. The maximum Gasteiger partial charge on any atom is 0.519 e. The van der Waals surface area contributed by atoms with Gasteiger partial charge in [-0.3, -0.25) is 0 Å². The SMILES string of the molecule is Cc1cc(Nc2ccn(-c3ccccc3)n2)cc(C)c1OC(=O)Oc1c(C)cc(Nc2ccn(-c3ccccc3)n2)cc1C. The molecular weight excluding hydrogens is 552 g/mol. The topological polar surface area (TPSA) is 95.2 Å². The van der Waals surface area contributed by atoms with E-state index >= 15 is 0 Å². The highest BCUT2D eigenvalue weighted by molar-refractivity contribution is 5.72. The molecule has 6 aromatic rings. The molecule has 0 spiro atoms. The lowest BCUT2D eigenvalue weighted by molar-refractivity contribution is 0.150. The maximum atomic E-state index is 12.9. The number of aromatic nitrogens is 4. The van der Waals surface area contributed by atoms with Crippen LogP contribution in [0.1, 0.15) is 22.3 Å². The molecule has 2 aromatic heterocycles. The zero-order chi connectivity index (χ0) is 30.6. The minimum Gasteiger partial charge on any atom is -0.394 e. The fourth-order valence-corrected chi connectivity index (χ4v) is 5.08. The fraction of sp³-hybridized carbons (Fsp3) is 0.114. The van der Waals surface area contributed by atoms with Gasteiger partial charge in [-0.15, -0.1) is 0 Å². The van der Waals surface area contributed by atoms with Crippen molar-refractivity contribution < 1.29 is 14.3 Å². The van der Waals surface area contributed by atoms with Gasteiger partial charge < -0.3 is 20.1 Å². The molecule has 6 rings (SSSR count). The van der Waals surface area contributed by atoms with E-state index in [4.69, 9.17) is 9.47 Å². The smallest absolute Gasteiger partial charge is 0.394 e. The van der Waals surface area contributed by atoms with Crippen LogP contribution in [-0.4, -0.2) is 25.7 Å². The number of aryl methyl sites for hydroxylation is 4. The Morgan fingerprint density at radius 2 is 0.932 bits per heavy atom. The first-order valence-electron chi connectivity index (χ1n) is 14.2. The van der Waals surface area contributed by atoms with Crippen molar-refractivity contribution in [3.8, 4) is 22.9 Å². The minimum atomic E-state index is -0.799. The Kier molecular flexibility index (Phi) is 7.84. The molecule has 0 unspecified atom stereocenters. The molecule has 0 atom stereocenters. The number of carbonyl (C=O) groups excluding carboxylic acids is 1. The molecular formula is C35H32N6O3. The van der Waals surface area contributed by atoms with Crippen molar-refractivity contribution in [2.24, 2.45) is 0 Å². The first kappa shape index (κ1) is 28.3. The highest BCUT2D eigenvalue weighted by Gasteiger charge is 2.17. The average Bonchev–Trinajstić information content (AvgIpc) is 3.68. The lowest BCUT2D eigenvalue weighted by Crippen LogP contribution is -2.16. The van der Waals surface area contributed by atoms with Gasteiger partial charge in [0.05, 0.1) is 11.4 Å². The van der Waals surface area contributed by atoms with Crippen LogP contribution in [0.5, 0.6) is 11.5 Å². The first-order valence-corrected chi connectivity index (χ1v) is 14.2. The van der Waals surface area contributed by atoms with Crippen molar-refractivity contribution in [3.05, 3.63) is 132 Å². The number of nitrogens with one attached hydrogen (secondary N) is 2. The molecule has 0 fully saturated rings. The molecule has 2 heterocycles. The number of ether oxygens (including phenoxy) is 2. The van der Waals surface area contributed by atoms with Crippen LogP contribution in [-0.2, 0) is 0 Å². The van der Waals surface area contributed by atoms with Crippen LogP contribution < -0.4 is 20.1 Å². The number of benzene rings is 4. The Hall–Kier alpha value is -5.83. The molecule has 4 aromatic carbocycles. The van der Waals surface area contributed by atoms with Crippen LogP contribution >= 0.6 is 0 Å². The number of hydrogen-bond acceptors (Lipinski definition) is 7. The molecule has 9 nitrogen and oxygen atoms in total. The Bertz CT molecular complexity index is 1740. The quantitative estimate of drug-likeness (QED) is 0.137. The maximum absolute atomic E-state index is 12.9. The minimum absolute atomic E-state index is 0.456. The van der Waals surface area contributed by atoms with Crippen LogP contribution in [0.25, 0.3) is 11.4 Å². The summed E-state index contributed by atoms with van der Waals surface area (Å²) >= 11 is 0. The highest BCUT2D eigenvalue weighted by atomic mass is 16.7. The van der Waals surface area contributed by atoms with Gasteiger partial charge in [0.2, 0.25) is 0 Å². The van der Waals surface area contributed by atoms with Crippen molar-refractivity contribution in [1.82, 2.24) is 19.6 Å². The molecule has 2 N–H and O–H groups in total. The Morgan fingerprint density at radius 1 is 0.568 bits per heavy atom. The van der Waals surface area contributed by atoms with Gasteiger partial charge in [-0.2, -0.15) is 10.2 Å². The van der Waals surface area contributed by atoms with E-state index < -0.39 is 6.16 Å². The molecule has 0 saturated carbocycles. The Morgan fingerprint density at radius 3 is 1.30 bits per heavy atom. The van der Waals surface area contributed by atoms with E-state index in [0.29, 0.717) is 23.1 Å². The standard InChI is InChI=1S/C35H32N6O3/c1-23-19-27(36-31-15-17-40(38-31)29-11-7-5-8-12-29)20-24(2)33(23)43-35(42)44-34-25(3)21-28(22-26(34)4)37-32-16-18-41(39-32)30-13-9-6-10-14-30/h5-22H,1-4H3,(H,36,38)(H,37,39). The van der Waals surface area contributed by atoms with E-state index in [1.807, 2.05) is 147 Å². The fourth-order valence-electron chi connectivity index (χ4n) is 5.08. The van der Waals surface area contributed by atoms with Crippen LogP contribution in [0.3, 0.4) is 0 Å². The van der Waals surface area contributed by atoms with Crippen molar-refractivity contribution in [2.45, 2.75) is 27.7 Å². The first-order chi connectivity index (χ1) is 21.3. The zero-order valence-electron chi connectivity index (χ0n) is 24.9. The molecule has 0 bridgehead atoms. The van der Waals surface area contributed by atoms with E-state index in [1.54, 1.807) is 0 Å². The van der Waals surface area contributed by atoms with Crippen molar-refractivity contribution in [2.75, 3.05) is 10.6 Å². The molecule has 0 aliphatic heterocycles. The number of hydrogen-bond donors (Lipinski definition) is 2. The van der Waals surface area contributed by atoms with Crippen molar-refractivity contribution in [3.63, 3.8) is 0 Å². The largest absolute Gasteiger partial charge is 0.519 e. The van der Waals surface area contributed by atoms with Crippen molar-refractivity contribution >= 4 is 29.2 Å². The number of rotatable bonds is 8. The second-order valence-corrected chi connectivity index (χ2v) is 10.5. The van der Waals surface area contributed by atoms with E-state index in [9.17, 15) is 4.79 Å². The predicted octanol–water partition coefficient (Wildman–Crippen LogP) is 8.36. The zero-order valence-corrected chi connectivity index (χ0v) is 24.9. The van der Waals surface area contributed by atoms with Gasteiger partial charge in [0.15, 0.2) is 11.6 Å². The number of carbonyl (C=O) groups is 1. The van der Waals surface area contributed by atoms with Crippen LogP contribution in [0.4, 0.5) is 27.8 Å². The van der Waals surface area contributed by atoms with E-state index in [-0.39, 0.29) is 0 Å². The second-order valence-electron chi connectivity index (χ2n) is 10.5.